The molecule has 0 amide bonds. The number of esters is 1. The van der Waals surface area contributed by atoms with E-state index in [1.807, 2.05) is 37.3 Å². The van der Waals surface area contributed by atoms with Crippen molar-refractivity contribution < 1.29 is 23.1 Å². The molecule has 0 fully saturated rings. The number of allylic oxidation sites excluding steroid dienone is 1. The summed E-state index contributed by atoms with van der Waals surface area (Å²) < 4.78 is 20.4. The third-order valence-corrected chi connectivity index (χ3v) is 3.43. The van der Waals surface area contributed by atoms with Gasteiger partial charge in [-0.25, -0.2) is 4.79 Å². The summed E-state index contributed by atoms with van der Waals surface area (Å²) in [7, 11) is 1.47. The highest BCUT2D eigenvalue weighted by atomic mass is 31.2. The van der Waals surface area contributed by atoms with Crippen LogP contribution in [0, 0.1) is 0 Å². The van der Waals surface area contributed by atoms with Gasteiger partial charge in [-0.2, -0.15) is 0 Å². The minimum atomic E-state index is -1.47. The molecule has 110 valence electrons. The second-order valence-electron chi connectivity index (χ2n) is 3.92. The van der Waals surface area contributed by atoms with Gasteiger partial charge in [-0.1, -0.05) is 30.3 Å². The Morgan fingerprint density at radius 1 is 1.20 bits per heavy atom. The highest BCUT2D eigenvalue weighted by Crippen LogP contribution is 2.39. The summed E-state index contributed by atoms with van der Waals surface area (Å²) in [5.74, 6) is -0.0916. The third-order valence-electron chi connectivity index (χ3n) is 2.40. The molecule has 20 heavy (non-hydrogen) atoms. The second kappa shape index (κ2) is 8.69. The van der Waals surface area contributed by atoms with Gasteiger partial charge >= 0.3 is 14.6 Å². The molecule has 1 rings (SSSR count). The molecule has 0 aromatic heterocycles. The Bertz CT molecular complexity index is 442. The molecule has 0 radical (unpaired) electrons. The van der Waals surface area contributed by atoms with Crippen LogP contribution in [-0.4, -0.2) is 20.2 Å². The minimum absolute atomic E-state index is 0.320. The maximum absolute atomic E-state index is 11.7. The van der Waals surface area contributed by atoms with Gasteiger partial charge in [0.2, 0.25) is 0 Å². The van der Waals surface area contributed by atoms with Crippen molar-refractivity contribution in [3.05, 3.63) is 47.7 Å². The van der Waals surface area contributed by atoms with Gasteiger partial charge in [-0.05, 0) is 19.4 Å². The van der Waals surface area contributed by atoms with Gasteiger partial charge in [0.25, 0.3) is 0 Å². The lowest BCUT2D eigenvalue weighted by molar-refractivity contribution is -0.142. The van der Waals surface area contributed by atoms with Crippen LogP contribution >= 0.6 is 8.60 Å². The summed E-state index contributed by atoms with van der Waals surface area (Å²) in [6, 6.07) is 9.51. The van der Waals surface area contributed by atoms with Gasteiger partial charge in [-0.15, -0.1) is 0 Å². The lowest BCUT2D eigenvalue weighted by Gasteiger charge is -2.14. The van der Waals surface area contributed by atoms with E-state index < -0.39 is 14.6 Å². The molecule has 1 aromatic rings. The van der Waals surface area contributed by atoms with Crippen molar-refractivity contribution in [1.29, 1.82) is 0 Å². The van der Waals surface area contributed by atoms with Gasteiger partial charge < -0.3 is 18.3 Å². The Morgan fingerprint density at radius 3 is 2.35 bits per heavy atom. The third kappa shape index (κ3) is 5.70. The molecule has 0 heterocycles. The van der Waals surface area contributed by atoms with Crippen molar-refractivity contribution in [3.63, 3.8) is 0 Å². The van der Waals surface area contributed by atoms with E-state index >= 15 is 0 Å². The van der Waals surface area contributed by atoms with E-state index in [4.69, 9.17) is 18.3 Å². The first-order valence-corrected chi connectivity index (χ1v) is 7.16. The number of rotatable bonds is 7. The molecule has 1 aromatic carbocycles. The molecule has 5 nitrogen and oxygen atoms in total. The normalized spacial score (nSPS) is 13.2. The van der Waals surface area contributed by atoms with Crippen molar-refractivity contribution in [2.24, 2.45) is 0 Å². The zero-order valence-corrected chi connectivity index (χ0v) is 12.9. The first-order valence-electron chi connectivity index (χ1n) is 6.07. The SMILES string of the molecule is COP(OC)O/C(C)=C/C(=O)OC(C)c1ccccc1. The van der Waals surface area contributed by atoms with E-state index in [1.54, 1.807) is 6.92 Å². The van der Waals surface area contributed by atoms with Crippen LogP contribution in [0.15, 0.2) is 42.2 Å². The standard InChI is InChI=1S/C14H19O5P/c1-11(19-20(16-3)17-4)10-14(15)18-12(2)13-8-6-5-7-9-13/h5-10,12H,1-4H3/b11-10+. The maximum Gasteiger partial charge on any atom is 0.396 e. The average Bonchev–Trinajstić information content (AvgIpc) is 2.45. The largest absolute Gasteiger partial charge is 0.455 e. The molecule has 0 aliphatic rings. The van der Waals surface area contributed by atoms with E-state index in [1.165, 1.54) is 20.3 Å². The van der Waals surface area contributed by atoms with Crippen molar-refractivity contribution in [2.45, 2.75) is 20.0 Å². The summed E-state index contributed by atoms with van der Waals surface area (Å²) in [6.07, 6.45) is 0.950. The Kier molecular flexibility index (Phi) is 7.23. The fourth-order valence-electron chi connectivity index (χ4n) is 1.46. The first-order chi connectivity index (χ1) is 9.56. The highest BCUT2D eigenvalue weighted by molar-refractivity contribution is 7.41. The zero-order valence-electron chi connectivity index (χ0n) is 12.0. The average molecular weight is 298 g/mol. The minimum Gasteiger partial charge on any atom is -0.455 e. The highest BCUT2D eigenvalue weighted by Gasteiger charge is 2.13. The molecule has 0 N–H and O–H groups in total. The lowest BCUT2D eigenvalue weighted by Crippen LogP contribution is -2.07. The van der Waals surface area contributed by atoms with Crippen LogP contribution in [0.4, 0.5) is 0 Å². The summed E-state index contributed by atoms with van der Waals surface area (Å²) in [4.78, 5) is 11.7. The number of hydrogen-bond acceptors (Lipinski definition) is 5. The van der Waals surface area contributed by atoms with Gasteiger partial charge in [0.1, 0.15) is 11.9 Å². The predicted octanol–water partition coefficient (Wildman–Crippen LogP) is 3.73. The monoisotopic (exact) mass is 298 g/mol. The predicted molar refractivity (Wildman–Crippen MR) is 76.7 cm³/mol. The first kappa shape index (κ1) is 16.6. The van der Waals surface area contributed by atoms with E-state index in [0.717, 1.165) is 5.56 Å². The Hall–Kier alpha value is -1.42. The van der Waals surface area contributed by atoms with E-state index in [2.05, 4.69) is 0 Å². The summed E-state index contributed by atoms with van der Waals surface area (Å²) in [5.41, 5.74) is 0.934. The molecule has 0 saturated carbocycles. The van der Waals surface area contributed by atoms with Crippen LogP contribution in [0.2, 0.25) is 0 Å². The molecule has 0 aliphatic carbocycles. The van der Waals surface area contributed by atoms with Gasteiger partial charge in [0, 0.05) is 14.2 Å². The number of carbonyl (C=O) groups excluding carboxylic acids is 1. The van der Waals surface area contributed by atoms with Gasteiger partial charge in [0.05, 0.1) is 6.08 Å². The number of ether oxygens (including phenoxy) is 1. The second-order valence-corrected chi connectivity index (χ2v) is 5.28. The fourth-order valence-corrected chi connectivity index (χ4v) is 2.05. The summed E-state index contributed by atoms with van der Waals surface area (Å²) in [5, 5.41) is 0. The van der Waals surface area contributed by atoms with Crippen molar-refractivity contribution in [3.8, 4) is 0 Å². The van der Waals surface area contributed by atoms with Gasteiger partial charge in [0.15, 0.2) is 0 Å². The Morgan fingerprint density at radius 2 is 1.80 bits per heavy atom. The Balaban J connectivity index is 2.54. The molecule has 0 bridgehead atoms. The van der Waals surface area contributed by atoms with Crippen molar-refractivity contribution >= 4 is 14.6 Å². The quantitative estimate of drug-likeness (QED) is 0.332. The molecule has 0 spiro atoms. The van der Waals surface area contributed by atoms with E-state index in [-0.39, 0.29) is 6.10 Å². The molecule has 1 atom stereocenters. The van der Waals surface area contributed by atoms with Gasteiger partial charge in [-0.3, -0.25) is 0 Å². The topological polar surface area (TPSA) is 54.0 Å². The fraction of sp³-hybridized carbons (Fsp3) is 0.357. The van der Waals surface area contributed by atoms with Crippen LogP contribution < -0.4 is 0 Å². The zero-order chi connectivity index (χ0) is 15.0. The van der Waals surface area contributed by atoms with Crippen molar-refractivity contribution in [1.82, 2.24) is 0 Å². The van der Waals surface area contributed by atoms with Crippen LogP contribution in [0.3, 0.4) is 0 Å². The Labute approximate surface area is 120 Å². The molecule has 6 heteroatoms. The van der Waals surface area contributed by atoms with E-state index in [0.29, 0.717) is 5.76 Å². The molecular weight excluding hydrogens is 279 g/mol. The van der Waals surface area contributed by atoms with Crippen LogP contribution in [-0.2, 0) is 23.1 Å². The van der Waals surface area contributed by atoms with Crippen LogP contribution in [0.25, 0.3) is 0 Å². The molecule has 1 unspecified atom stereocenters. The van der Waals surface area contributed by atoms with E-state index in [9.17, 15) is 4.79 Å². The lowest BCUT2D eigenvalue weighted by atomic mass is 10.1. The molecular formula is C14H19O5P. The van der Waals surface area contributed by atoms with Crippen LogP contribution in [0.5, 0.6) is 0 Å². The summed E-state index contributed by atoms with van der Waals surface area (Å²) >= 11 is 0. The summed E-state index contributed by atoms with van der Waals surface area (Å²) in [6.45, 7) is 3.45. The molecule has 0 aliphatic heterocycles. The maximum atomic E-state index is 11.7. The number of benzene rings is 1. The number of carbonyl (C=O) groups is 1. The smallest absolute Gasteiger partial charge is 0.396 e. The molecule has 0 saturated heterocycles. The van der Waals surface area contributed by atoms with Crippen LogP contribution in [0.1, 0.15) is 25.5 Å². The van der Waals surface area contributed by atoms with Crippen molar-refractivity contribution in [2.75, 3.05) is 14.2 Å². The number of hydrogen-bond donors (Lipinski definition) is 0.